The number of aliphatic hydroxyl groups is 1. The summed E-state index contributed by atoms with van der Waals surface area (Å²) in [5.41, 5.74) is 2.95. The number of amides is 1. The molecule has 5 nitrogen and oxygen atoms in total. The number of aryl methyl sites for hydroxylation is 1. The molecule has 0 aliphatic rings. The second-order valence-corrected chi connectivity index (χ2v) is 6.57. The molecule has 0 unspecified atom stereocenters. The molecule has 1 heterocycles. The van der Waals surface area contributed by atoms with Crippen molar-refractivity contribution in [1.82, 2.24) is 9.78 Å². The lowest BCUT2D eigenvalue weighted by molar-refractivity contribution is -0.115. The minimum atomic E-state index is -0.0265. The predicted molar refractivity (Wildman–Crippen MR) is 95.7 cm³/mol. The Labute approximate surface area is 141 Å². The lowest BCUT2D eigenvalue weighted by Crippen LogP contribution is -2.17. The SMILES string of the molecule is CCSCCC(=O)Nc1cc(-c2ccccc2C)nn1CCO. The maximum atomic E-state index is 12.0. The van der Waals surface area contributed by atoms with Gasteiger partial charge in [0, 0.05) is 23.8 Å². The number of aliphatic hydroxyl groups excluding tert-OH is 1. The lowest BCUT2D eigenvalue weighted by Gasteiger charge is -2.07. The highest BCUT2D eigenvalue weighted by molar-refractivity contribution is 7.99. The number of carbonyl (C=O) groups excluding carboxylic acids is 1. The van der Waals surface area contributed by atoms with Crippen molar-refractivity contribution < 1.29 is 9.90 Å². The second kappa shape index (κ2) is 8.74. The van der Waals surface area contributed by atoms with E-state index in [0.29, 0.717) is 18.8 Å². The number of carbonyl (C=O) groups is 1. The van der Waals surface area contributed by atoms with Gasteiger partial charge >= 0.3 is 0 Å². The molecule has 23 heavy (non-hydrogen) atoms. The molecule has 0 aliphatic heterocycles. The van der Waals surface area contributed by atoms with Crippen LogP contribution in [0.25, 0.3) is 11.3 Å². The first-order valence-electron chi connectivity index (χ1n) is 7.78. The maximum absolute atomic E-state index is 12.0. The van der Waals surface area contributed by atoms with Crippen LogP contribution in [0, 0.1) is 6.92 Å². The summed E-state index contributed by atoms with van der Waals surface area (Å²) in [6.45, 7) is 4.43. The topological polar surface area (TPSA) is 67.2 Å². The van der Waals surface area contributed by atoms with E-state index in [4.69, 9.17) is 0 Å². The maximum Gasteiger partial charge on any atom is 0.226 e. The summed E-state index contributed by atoms with van der Waals surface area (Å²) in [5.74, 6) is 2.42. The largest absolute Gasteiger partial charge is 0.394 e. The van der Waals surface area contributed by atoms with Crippen LogP contribution in [-0.2, 0) is 11.3 Å². The Bertz CT molecular complexity index is 655. The van der Waals surface area contributed by atoms with E-state index in [1.165, 1.54) is 0 Å². The third-order valence-electron chi connectivity index (χ3n) is 3.46. The summed E-state index contributed by atoms with van der Waals surface area (Å²) in [5, 5.41) is 16.6. The third-order valence-corrected chi connectivity index (χ3v) is 4.36. The smallest absolute Gasteiger partial charge is 0.226 e. The number of anilines is 1. The van der Waals surface area contributed by atoms with Crippen LogP contribution in [0.2, 0.25) is 0 Å². The van der Waals surface area contributed by atoms with Gasteiger partial charge in [0.15, 0.2) is 0 Å². The van der Waals surface area contributed by atoms with Gasteiger partial charge in [0.25, 0.3) is 0 Å². The number of hydrogen-bond acceptors (Lipinski definition) is 4. The molecular weight excluding hydrogens is 310 g/mol. The van der Waals surface area contributed by atoms with Gasteiger partial charge in [-0.1, -0.05) is 31.2 Å². The van der Waals surface area contributed by atoms with Crippen molar-refractivity contribution >= 4 is 23.5 Å². The molecule has 0 atom stereocenters. The normalized spacial score (nSPS) is 10.7. The van der Waals surface area contributed by atoms with Crippen molar-refractivity contribution in [2.24, 2.45) is 0 Å². The fourth-order valence-corrected chi connectivity index (χ4v) is 2.91. The highest BCUT2D eigenvalue weighted by Crippen LogP contribution is 2.25. The van der Waals surface area contributed by atoms with Crippen molar-refractivity contribution in [2.45, 2.75) is 26.8 Å². The van der Waals surface area contributed by atoms with E-state index >= 15 is 0 Å². The van der Waals surface area contributed by atoms with Crippen LogP contribution in [0.15, 0.2) is 30.3 Å². The molecule has 0 fully saturated rings. The standard InChI is InChI=1S/C17H23N3O2S/c1-3-23-11-8-17(22)18-16-12-15(19-20(16)9-10-21)14-7-5-4-6-13(14)2/h4-7,12,21H,3,8-11H2,1-2H3,(H,18,22). The molecule has 0 saturated carbocycles. The number of thioether (sulfide) groups is 1. The van der Waals surface area contributed by atoms with Crippen LogP contribution in [0.3, 0.4) is 0 Å². The van der Waals surface area contributed by atoms with Gasteiger partial charge in [0.05, 0.1) is 18.8 Å². The molecule has 0 bridgehead atoms. The van der Waals surface area contributed by atoms with E-state index in [9.17, 15) is 9.90 Å². The van der Waals surface area contributed by atoms with Crippen molar-refractivity contribution in [3.8, 4) is 11.3 Å². The van der Waals surface area contributed by atoms with Crippen LogP contribution in [0.4, 0.5) is 5.82 Å². The average Bonchev–Trinajstić information content (AvgIpc) is 2.91. The van der Waals surface area contributed by atoms with Crippen LogP contribution in [-0.4, -0.2) is 38.9 Å². The summed E-state index contributed by atoms with van der Waals surface area (Å²) in [4.78, 5) is 12.0. The van der Waals surface area contributed by atoms with Crippen molar-refractivity contribution in [3.05, 3.63) is 35.9 Å². The van der Waals surface area contributed by atoms with E-state index in [1.807, 2.05) is 37.3 Å². The Morgan fingerprint density at radius 3 is 2.87 bits per heavy atom. The van der Waals surface area contributed by atoms with E-state index in [1.54, 1.807) is 16.4 Å². The molecule has 2 N–H and O–H groups in total. The minimum absolute atomic E-state index is 0.0244. The van der Waals surface area contributed by atoms with Crippen LogP contribution >= 0.6 is 11.8 Å². The molecule has 2 aromatic rings. The van der Waals surface area contributed by atoms with E-state index in [0.717, 1.165) is 28.3 Å². The average molecular weight is 333 g/mol. The molecule has 0 spiro atoms. The summed E-state index contributed by atoms with van der Waals surface area (Å²) in [6, 6.07) is 9.85. The summed E-state index contributed by atoms with van der Waals surface area (Å²) in [7, 11) is 0. The zero-order chi connectivity index (χ0) is 16.7. The fraction of sp³-hybridized carbons (Fsp3) is 0.412. The first-order valence-corrected chi connectivity index (χ1v) is 8.93. The van der Waals surface area contributed by atoms with Crippen molar-refractivity contribution in [2.75, 3.05) is 23.4 Å². The molecule has 1 aromatic heterocycles. The van der Waals surface area contributed by atoms with Crippen LogP contribution < -0.4 is 5.32 Å². The molecule has 0 aliphatic carbocycles. The predicted octanol–water partition coefficient (Wildman–Crippen LogP) is 2.93. The highest BCUT2D eigenvalue weighted by atomic mass is 32.2. The zero-order valence-corrected chi connectivity index (χ0v) is 14.4. The van der Waals surface area contributed by atoms with Gasteiger partial charge in [-0.2, -0.15) is 16.9 Å². The van der Waals surface area contributed by atoms with Gasteiger partial charge in [0.2, 0.25) is 5.91 Å². The monoisotopic (exact) mass is 333 g/mol. The Morgan fingerprint density at radius 2 is 2.17 bits per heavy atom. The van der Waals surface area contributed by atoms with Crippen molar-refractivity contribution in [1.29, 1.82) is 0 Å². The third kappa shape index (κ3) is 4.84. The molecule has 0 saturated heterocycles. The van der Waals surface area contributed by atoms with E-state index in [2.05, 4.69) is 17.3 Å². The van der Waals surface area contributed by atoms with Gasteiger partial charge in [-0.25, -0.2) is 4.68 Å². The number of nitrogens with one attached hydrogen (secondary N) is 1. The van der Waals surface area contributed by atoms with E-state index in [-0.39, 0.29) is 12.5 Å². The first-order chi connectivity index (χ1) is 11.2. The number of rotatable bonds is 8. The highest BCUT2D eigenvalue weighted by Gasteiger charge is 2.13. The second-order valence-electron chi connectivity index (χ2n) is 5.17. The Hall–Kier alpha value is -1.79. The zero-order valence-electron chi connectivity index (χ0n) is 13.6. The Morgan fingerprint density at radius 1 is 1.39 bits per heavy atom. The molecule has 0 radical (unpaired) electrons. The number of aromatic nitrogens is 2. The molecule has 124 valence electrons. The van der Waals surface area contributed by atoms with E-state index < -0.39 is 0 Å². The van der Waals surface area contributed by atoms with Crippen molar-refractivity contribution in [3.63, 3.8) is 0 Å². The fourth-order valence-electron chi connectivity index (χ4n) is 2.29. The molecule has 6 heteroatoms. The molecule has 1 aromatic carbocycles. The Balaban J connectivity index is 2.18. The minimum Gasteiger partial charge on any atom is -0.394 e. The number of benzene rings is 1. The summed E-state index contributed by atoms with van der Waals surface area (Å²) >= 11 is 1.74. The Kier molecular flexibility index (Phi) is 6.67. The molecule has 2 rings (SSSR count). The van der Waals surface area contributed by atoms with Gasteiger partial charge < -0.3 is 10.4 Å². The molecular formula is C17H23N3O2S. The first kappa shape index (κ1) is 17.6. The molecule has 1 amide bonds. The van der Waals surface area contributed by atoms with Gasteiger partial charge in [-0.05, 0) is 18.2 Å². The van der Waals surface area contributed by atoms with Gasteiger partial charge in [-0.15, -0.1) is 0 Å². The number of nitrogens with zero attached hydrogens (tertiary/aromatic N) is 2. The summed E-state index contributed by atoms with van der Waals surface area (Å²) < 4.78 is 1.65. The lowest BCUT2D eigenvalue weighted by atomic mass is 10.1. The van der Waals surface area contributed by atoms with Gasteiger partial charge in [0.1, 0.15) is 5.82 Å². The summed E-state index contributed by atoms with van der Waals surface area (Å²) in [6.07, 6.45) is 0.475. The quantitative estimate of drug-likeness (QED) is 0.729. The van der Waals surface area contributed by atoms with Crippen LogP contribution in [0.5, 0.6) is 0 Å². The van der Waals surface area contributed by atoms with Crippen LogP contribution in [0.1, 0.15) is 18.9 Å². The van der Waals surface area contributed by atoms with Gasteiger partial charge in [-0.3, -0.25) is 4.79 Å². The number of hydrogen-bond donors (Lipinski definition) is 2.